The summed E-state index contributed by atoms with van der Waals surface area (Å²) in [5, 5.41) is 14.6. The van der Waals surface area contributed by atoms with Crippen molar-refractivity contribution < 1.29 is 9.84 Å². The minimum absolute atomic E-state index is 0.0951. The lowest BCUT2D eigenvalue weighted by Gasteiger charge is -2.36. The number of anilines is 1. The number of rotatable bonds is 7. The molecule has 0 saturated carbocycles. The van der Waals surface area contributed by atoms with Gasteiger partial charge in [-0.2, -0.15) is 5.10 Å². The van der Waals surface area contributed by atoms with Gasteiger partial charge in [0.1, 0.15) is 17.9 Å². The molecule has 0 radical (unpaired) electrons. The van der Waals surface area contributed by atoms with Gasteiger partial charge in [-0.05, 0) is 60.7 Å². The second-order valence-corrected chi connectivity index (χ2v) is 15.8. The topological polar surface area (TPSA) is 76.3 Å². The number of halogens is 1. The van der Waals surface area contributed by atoms with Crippen LogP contribution < -0.4 is 4.90 Å². The van der Waals surface area contributed by atoms with Gasteiger partial charge in [-0.25, -0.2) is 14.6 Å². The van der Waals surface area contributed by atoms with Crippen molar-refractivity contribution in [2.75, 3.05) is 11.5 Å². The summed E-state index contributed by atoms with van der Waals surface area (Å²) in [6.07, 6.45) is 6.13. The number of hydrogen-bond donors (Lipinski definition) is 1. The van der Waals surface area contributed by atoms with E-state index in [9.17, 15) is 5.11 Å². The molecule has 2 aromatic rings. The van der Waals surface area contributed by atoms with Gasteiger partial charge in [-0.15, -0.1) is 0 Å². The van der Waals surface area contributed by atoms with Crippen molar-refractivity contribution in [2.24, 2.45) is 0 Å². The molecule has 0 spiro atoms. The standard InChI is InChI=1S/C19H30IN5O2Si/c1-28(2,3)10-9-27-12-24-19-16(17(20)23-24)21-15(11-26)18(22-19)25-13-5-4-6-14(25)8-7-13/h13-14,26H,4-12H2,1-3H3/t13-,14+. The first-order valence-corrected chi connectivity index (χ1v) is 15.1. The van der Waals surface area contributed by atoms with E-state index in [1.54, 1.807) is 0 Å². The SMILES string of the molecule is C[Si](C)(C)CCOCn1nc(I)c2nc(CO)c(N3[C@@H]4CCC[C@H]3CC4)nc21. The lowest BCUT2D eigenvalue weighted by molar-refractivity contribution is 0.0810. The molecule has 2 aliphatic heterocycles. The fourth-order valence-electron chi connectivity index (χ4n) is 4.37. The van der Waals surface area contributed by atoms with Gasteiger partial charge in [0.15, 0.2) is 15.2 Å². The molecule has 0 aliphatic carbocycles. The maximum absolute atomic E-state index is 9.97. The summed E-state index contributed by atoms with van der Waals surface area (Å²) in [4.78, 5) is 12.2. The van der Waals surface area contributed by atoms with Gasteiger partial charge in [0.2, 0.25) is 0 Å². The highest BCUT2D eigenvalue weighted by Crippen LogP contribution is 2.40. The average molecular weight is 515 g/mol. The summed E-state index contributed by atoms with van der Waals surface area (Å²) in [6.45, 7) is 8.10. The first-order valence-electron chi connectivity index (χ1n) is 10.3. The van der Waals surface area contributed by atoms with Crippen LogP contribution in [0.1, 0.15) is 37.8 Å². The van der Waals surface area contributed by atoms with Crippen LogP contribution in [0, 0.1) is 3.70 Å². The van der Waals surface area contributed by atoms with Crippen molar-refractivity contribution in [2.45, 2.75) is 83.2 Å². The maximum Gasteiger partial charge on any atom is 0.182 e. The largest absolute Gasteiger partial charge is 0.390 e. The van der Waals surface area contributed by atoms with Crippen LogP contribution in [0.25, 0.3) is 11.2 Å². The lowest BCUT2D eigenvalue weighted by Crippen LogP contribution is -2.41. The van der Waals surface area contributed by atoms with E-state index in [-0.39, 0.29) is 6.61 Å². The van der Waals surface area contributed by atoms with E-state index in [1.807, 2.05) is 4.68 Å². The second-order valence-electron chi connectivity index (χ2n) is 9.19. The third-order valence-corrected chi connectivity index (χ3v) is 8.31. The Morgan fingerprint density at radius 3 is 2.50 bits per heavy atom. The Balaban J connectivity index is 1.63. The summed E-state index contributed by atoms with van der Waals surface area (Å²) in [7, 11) is -1.11. The molecule has 2 aromatic heterocycles. The molecule has 2 saturated heterocycles. The number of aromatic nitrogens is 4. The van der Waals surface area contributed by atoms with E-state index in [2.05, 4.69) is 52.2 Å². The Kier molecular flexibility index (Phi) is 5.97. The normalized spacial score (nSPS) is 22.4. The molecule has 1 N–H and O–H groups in total. The van der Waals surface area contributed by atoms with Gasteiger partial charge in [0.05, 0.1) is 6.61 Å². The fourth-order valence-corrected chi connectivity index (χ4v) is 5.75. The zero-order chi connectivity index (χ0) is 19.9. The lowest BCUT2D eigenvalue weighted by atomic mass is 10.0. The van der Waals surface area contributed by atoms with Crippen LogP contribution >= 0.6 is 22.6 Å². The number of aliphatic hydroxyl groups is 1. The molecule has 2 bridgehead atoms. The highest BCUT2D eigenvalue weighted by molar-refractivity contribution is 14.1. The van der Waals surface area contributed by atoms with Crippen molar-refractivity contribution in [1.82, 2.24) is 19.7 Å². The van der Waals surface area contributed by atoms with Gasteiger partial charge in [0.25, 0.3) is 0 Å². The van der Waals surface area contributed by atoms with E-state index in [0.29, 0.717) is 24.5 Å². The van der Waals surface area contributed by atoms with E-state index < -0.39 is 8.07 Å². The summed E-state index contributed by atoms with van der Waals surface area (Å²) in [5.41, 5.74) is 2.18. The molecule has 0 amide bonds. The quantitative estimate of drug-likeness (QED) is 0.344. The smallest absolute Gasteiger partial charge is 0.182 e. The summed E-state index contributed by atoms with van der Waals surface area (Å²) in [5.74, 6) is 0.849. The second kappa shape index (κ2) is 8.15. The zero-order valence-electron chi connectivity index (χ0n) is 17.0. The van der Waals surface area contributed by atoms with Crippen LogP contribution in [0.4, 0.5) is 5.82 Å². The summed E-state index contributed by atoms with van der Waals surface area (Å²) >= 11 is 2.19. The Labute approximate surface area is 181 Å². The van der Waals surface area contributed by atoms with Crippen molar-refractivity contribution in [3.63, 3.8) is 0 Å². The first kappa shape index (κ1) is 20.5. The molecular weight excluding hydrogens is 485 g/mol. The molecule has 0 unspecified atom stereocenters. The van der Waals surface area contributed by atoms with Crippen LogP contribution in [0.15, 0.2) is 0 Å². The van der Waals surface area contributed by atoms with Crippen molar-refractivity contribution in [1.29, 1.82) is 0 Å². The molecule has 154 valence electrons. The first-order chi connectivity index (χ1) is 13.4. The predicted octanol–water partition coefficient (Wildman–Crippen LogP) is 3.76. The van der Waals surface area contributed by atoms with E-state index >= 15 is 0 Å². The minimum atomic E-state index is -1.11. The van der Waals surface area contributed by atoms with E-state index in [1.165, 1.54) is 32.1 Å². The van der Waals surface area contributed by atoms with Crippen LogP contribution in [0.2, 0.25) is 25.7 Å². The molecule has 0 aromatic carbocycles. The van der Waals surface area contributed by atoms with Gasteiger partial charge < -0.3 is 14.7 Å². The van der Waals surface area contributed by atoms with Crippen LogP contribution in [-0.4, -0.2) is 51.6 Å². The summed E-state index contributed by atoms with van der Waals surface area (Å²) < 4.78 is 8.54. The van der Waals surface area contributed by atoms with Crippen molar-refractivity contribution in [3.05, 3.63) is 9.39 Å². The van der Waals surface area contributed by atoms with Crippen LogP contribution in [0.3, 0.4) is 0 Å². The molecule has 4 rings (SSSR count). The number of aliphatic hydroxyl groups excluding tert-OH is 1. The Morgan fingerprint density at radius 1 is 1.14 bits per heavy atom. The number of hydrogen-bond acceptors (Lipinski definition) is 6. The highest BCUT2D eigenvalue weighted by atomic mass is 127. The fraction of sp³-hybridized carbons (Fsp3) is 0.737. The van der Waals surface area contributed by atoms with Crippen LogP contribution in [-0.2, 0) is 18.1 Å². The predicted molar refractivity (Wildman–Crippen MR) is 121 cm³/mol. The van der Waals surface area contributed by atoms with Gasteiger partial charge >= 0.3 is 0 Å². The Hall–Kier alpha value is -0.783. The van der Waals surface area contributed by atoms with Crippen LogP contribution in [0.5, 0.6) is 0 Å². The molecule has 2 fully saturated rings. The number of piperidine rings is 1. The van der Waals surface area contributed by atoms with Gasteiger partial charge in [0, 0.05) is 26.8 Å². The molecule has 2 aliphatic rings. The summed E-state index contributed by atoms with van der Waals surface area (Å²) in [6, 6.07) is 2.19. The zero-order valence-corrected chi connectivity index (χ0v) is 20.1. The molecule has 2 atom stereocenters. The molecular formula is C19H30IN5O2Si. The monoisotopic (exact) mass is 515 g/mol. The average Bonchev–Trinajstić information content (AvgIpc) is 3.08. The van der Waals surface area contributed by atoms with E-state index in [4.69, 9.17) is 14.7 Å². The number of ether oxygens (including phenoxy) is 1. The van der Waals surface area contributed by atoms with E-state index in [0.717, 1.165) is 33.3 Å². The molecule has 28 heavy (non-hydrogen) atoms. The van der Waals surface area contributed by atoms with Gasteiger partial charge in [-0.1, -0.05) is 19.6 Å². The third-order valence-electron chi connectivity index (χ3n) is 5.88. The number of fused-ring (bicyclic) bond motifs is 3. The Morgan fingerprint density at radius 2 is 1.86 bits per heavy atom. The molecule has 7 nitrogen and oxygen atoms in total. The Bertz CT molecular complexity index is 837. The minimum Gasteiger partial charge on any atom is -0.390 e. The number of nitrogens with zero attached hydrogens (tertiary/aromatic N) is 5. The van der Waals surface area contributed by atoms with Gasteiger partial charge in [-0.3, -0.25) is 0 Å². The third kappa shape index (κ3) is 4.08. The molecule has 4 heterocycles. The maximum atomic E-state index is 9.97. The highest BCUT2D eigenvalue weighted by Gasteiger charge is 2.39. The molecule has 9 heteroatoms. The van der Waals surface area contributed by atoms with Crippen molar-refractivity contribution in [3.8, 4) is 0 Å². The van der Waals surface area contributed by atoms with Crippen molar-refractivity contribution >= 4 is 47.6 Å².